The third-order valence-electron chi connectivity index (χ3n) is 3.33. The van der Waals surface area contributed by atoms with Crippen molar-refractivity contribution in [2.45, 2.75) is 6.92 Å². The van der Waals surface area contributed by atoms with Crippen LogP contribution in [0.15, 0.2) is 42.6 Å². The smallest absolute Gasteiger partial charge is 0.274 e. The quantitative estimate of drug-likeness (QED) is 0.804. The lowest BCUT2D eigenvalue weighted by atomic mass is 10.2. The van der Waals surface area contributed by atoms with Crippen LogP contribution in [0.2, 0.25) is 5.02 Å². The Hall–Kier alpha value is -2.53. The van der Waals surface area contributed by atoms with Gasteiger partial charge in [0.05, 0.1) is 17.8 Å². The molecule has 5 nitrogen and oxygen atoms in total. The number of amides is 1. The van der Waals surface area contributed by atoms with E-state index in [1.165, 1.54) is 0 Å². The molecule has 3 aromatic rings. The van der Waals surface area contributed by atoms with E-state index in [0.717, 1.165) is 5.65 Å². The monoisotopic (exact) mass is 315 g/mol. The maximum absolute atomic E-state index is 12.5. The van der Waals surface area contributed by atoms with Crippen LogP contribution < -0.4 is 10.1 Å². The molecule has 0 aliphatic carbocycles. The van der Waals surface area contributed by atoms with Crippen LogP contribution in [-0.2, 0) is 0 Å². The molecule has 2 heterocycles. The number of methoxy groups -OCH3 is 1. The van der Waals surface area contributed by atoms with Crippen molar-refractivity contribution in [3.05, 3.63) is 59.0 Å². The Bertz CT molecular complexity index is 858. The Balaban J connectivity index is 1.93. The van der Waals surface area contributed by atoms with Gasteiger partial charge in [-0.3, -0.25) is 9.20 Å². The number of hydrogen-bond acceptors (Lipinski definition) is 3. The number of carbonyl (C=O) groups excluding carboxylic acids is 1. The molecule has 0 unspecified atom stereocenters. The molecule has 1 aromatic carbocycles. The standard InChI is InChI=1S/C16H14ClN3O2/c1-10-15(20-8-4-3-5-14(20)18-10)16(21)19-11-6-7-13(22-2)12(17)9-11/h3-9H,1-2H3,(H,19,21). The van der Waals surface area contributed by atoms with Crippen LogP contribution >= 0.6 is 11.6 Å². The van der Waals surface area contributed by atoms with E-state index in [-0.39, 0.29) is 5.91 Å². The summed E-state index contributed by atoms with van der Waals surface area (Å²) >= 11 is 6.07. The normalized spacial score (nSPS) is 10.7. The molecule has 0 aliphatic rings. The molecule has 0 saturated carbocycles. The maximum atomic E-state index is 12.5. The number of anilines is 1. The fraction of sp³-hybridized carbons (Fsp3) is 0.125. The number of halogens is 1. The summed E-state index contributed by atoms with van der Waals surface area (Å²) in [5, 5.41) is 3.27. The summed E-state index contributed by atoms with van der Waals surface area (Å²) in [6.45, 7) is 1.81. The Morgan fingerprint density at radius 1 is 1.32 bits per heavy atom. The molecule has 0 radical (unpaired) electrons. The van der Waals surface area contributed by atoms with Crippen molar-refractivity contribution >= 4 is 28.8 Å². The largest absolute Gasteiger partial charge is 0.495 e. The highest BCUT2D eigenvalue weighted by Gasteiger charge is 2.16. The number of benzene rings is 1. The summed E-state index contributed by atoms with van der Waals surface area (Å²) in [5.74, 6) is 0.322. The fourth-order valence-corrected chi connectivity index (χ4v) is 2.58. The molecule has 22 heavy (non-hydrogen) atoms. The van der Waals surface area contributed by atoms with Crippen molar-refractivity contribution < 1.29 is 9.53 Å². The van der Waals surface area contributed by atoms with E-state index >= 15 is 0 Å². The van der Waals surface area contributed by atoms with Gasteiger partial charge in [0.1, 0.15) is 17.1 Å². The second-order valence-electron chi connectivity index (χ2n) is 4.78. The van der Waals surface area contributed by atoms with Crippen molar-refractivity contribution in [1.82, 2.24) is 9.38 Å². The molecule has 0 atom stereocenters. The summed E-state index contributed by atoms with van der Waals surface area (Å²) in [6.07, 6.45) is 1.81. The Kier molecular flexibility index (Phi) is 3.73. The van der Waals surface area contributed by atoms with Crippen LogP contribution in [0.25, 0.3) is 5.65 Å². The van der Waals surface area contributed by atoms with Gasteiger partial charge in [-0.05, 0) is 37.3 Å². The Morgan fingerprint density at radius 3 is 2.86 bits per heavy atom. The number of pyridine rings is 1. The van der Waals surface area contributed by atoms with E-state index in [1.54, 1.807) is 29.7 Å². The van der Waals surface area contributed by atoms with Crippen molar-refractivity contribution in [2.24, 2.45) is 0 Å². The number of aromatic nitrogens is 2. The zero-order valence-electron chi connectivity index (χ0n) is 12.1. The van der Waals surface area contributed by atoms with Gasteiger partial charge in [-0.25, -0.2) is 4.98 Å². The average molecular weight is 316 g/mol. The molecule has 3 rings (SSSR count). The van der Waals surface area contributed by atoms with Crippen molar-refractivity contribution in [3.8, 4) is 5.75 Å². The molecule has 0 spiro atoms. The lowest BCUT2D eigenvalue weighted by Crippen LogP contribution is -2.15. The molecule has 0 aliphatic heterocycles. The molecule has 112 valence electrons. The van der Waals surface area contributed by atoms with E-state index in [2.05, 4.69) is 10.3 Å². The van der Waals surface area contributed by atoms with Gasteiger partial charge in [0, 0.05) is 11.9 Å². The fourth-order valence-electron chi connectivity index (χ4n) is 2.32. The average Bonchev–Trinajstić information content (AvgIpc) is 2.83. The van der Waals surface area contributed by atoms with Crippen LogP contribution in [0.1, 0.15) is 16.2 Å². The highest BCUT2D eigenvalue weighted by molar-refractivity contribution is 6.32. The third kappa shape index (κ3) is 2.51. The lowest BCUT2D eigenvalue weighted by Gasteiger charge is -2.08. The lowest BCUT2D eigenvalue weighted by molar-refractivity contribution is 0.102. The zero-order valence-corrected chi connectivity index (χ0v) is 12.9. The minimum atomic E-state index is -0.238. The van der Waals surface area contributed by atoms with E-state index in [9.17, 15) is 4.79 Å². The van der Waals surface area contributed by atoms with Gasteiger partial charge in [-0.2, -0.15) is 0 Å². The van der Waals surface area contributed by atoms with E-state index < -0.39 is 0 Å². The van der Waals surface area contributed by atoms with Gasteiger partial charge in [0.15, 0.2) is 0 Å². The maximum Gasteiger partial charge on any atom is 0.274 e. The van der Waals surface area contributed by atoms with Crippen LogP contribution in [0.3, 0.4) is 0 Å². The number of fused-ring (bicyclic) bond motifs is 1. The van der Waals surface area contributed by atoms with Gasteiger partial charge >= 0.3 is 0 Å². The van der Waals surface area contributed by atoms with Gasteiger partial charge in [-0.15, -0.1) is 0 Å². The number of rotatable bonds is 3. The predicted octanol–water partition coefficient (Wildman–Crippen LogP) is 3.56. The first-order valence-electron chi connectivity index (χ1n) is 6.68. The molecular weight excluding hydrogens is 302 g/mol. The summed E-state index contributed by atoms with van der Waals surface area (Å²) in [6, 6.07) is 10.7. The number of carbonyl (C=O) groups is 1. The van der Waals surface area contributed by atoms with E-state index in [0.29, 0.717) is 27.8 Å². The molecule has 0 saturated heterocycles. The SMILES string of the molecule is COc1ccc(NC(=O)c2c(C)nc3ccccn23)cc1Cl. The van der Waals surface area contributed by atoms with Crippen molar-refractivity contribution in [2.75, 3.05) is 12.4 Å². The summed E-state index contributed by atoms with van der Waals surface area (Å²) in [5.41, 5.74) is 2.50. The summed E-state index contributed by atoms with van der Waals surface area (Å²) in [7, 11) is 1.54. The first kappa shape index (κ1) is 14.4. The number of nitrogens with one attached hydrogen (secondary N) is 1. The highest BCUT2D eigenvalue weighted by atomic mass is 35.5. The first-order chi connectivity index (χ1) is 10.6. The second kappa shape index (κ2) is 5.69. The molecule has 0 bridgehead atoms. The van der Waals surface area contributed by atoms with E-state index in [1.807, 2.05) is 31.3 Å². The molecule has 1 amide bonds. The van der Waals surface area contributed by atoms with Crippen LogP contribution in [0.4, 0.5) is 5.69 Å². The minimum Gasteiger partial charge on any atom is -0.495 e. The van der Waals surface area contributed by atoms with Gasteiger partial charge in [-0.1, -0.05) is 17.7 Å². The molecular formula is C16H14ClN3O2. The van der Waals surface area contributed by atoms with Crippen LogP contribution in [0, 0.1) is 6.92 Å². The van der Waals surface area contributed by atoms with Crippen molar-refractivity contribution in [1.29, 1.82) is 0 Å². The molecule has 6 heteroatoms. The van der Waals surface area contributed by atoms with Gasteiger partial charge < -0.3 is 10.1 Å². The second-order valence-corrected chi connectivity index (χ2v) is 5.19. The number of nitrogens with zero attached hydrogens (tertiary/aromatic N) is 2. The third-order valence-corrected chi connectivity index (χ3v) is 3.62. The highest BCUT2D eigenvalue weighted by Crippen LogP contribution is 2.27. The number of aryl methyl sites for hydroxylation is 1. The van der Waals surface area contributed by atoms with Crippen molar-refractivity contribution in [3.63, 3.8) is 0 Å². The minimum absolute atomic E-state index is 0.238. The van der Waals surface area contributed by atoms with E-state index in [4.69, 9.17) is 16.3 Å². The molecule has 0 fully saturated rings. The Morgan fingerprint density at radius 2 is 2.14 bits per heavy atom. The number of imidazole rings is 1. The number of hydrogen-bond donors (Lipinski definition) is 1. The summed E-state index contributed by atoms with van der Waals surface area (Å²) < 4.78 is 6.85. The molecule has 2 aromatic heterocycles. The van der Waals surface area contributed by atoms with Crippen LogP contribution in [0.5, 0.6) is 5.75 Å². The first-order valence-corrected chi connectivity index (χ1v) is 7.06. The summed E-state index contributed by atoms with van der Waals surface area (Å²) in [4.78, 5) is 16.9. The molecule has 1 N–H and O–H groups in total. The van der Waals surface area contributed by atoms with Gasteiger partial charge in [0.25, 0.3) is 5.91 Å². The van der Waals surface area contributed by atoms with Crippen LogP contribution in [-0.4, -0.2) is 22.4 Å². The zero-order chi connectivity index (χ0) is 15.7. The Labute approximate surface area is 132 Å². The van der Waals surface area contributed by atoms with Gasteiger partial charge in [0.2, 0.25) is 0 Å². The number of ether oxygens (including phenoxy) is 1. The topological polar surface area (TPSA) is 55.6 Å². The predicted molar refractivity (Wildman–Crippen MR) is 85.9 cm³/mol.